The fraction of sp³-hybridized carbons (Fsp3) is 0.333. The molecule has 0 fully saturated rings. The number of unbranched alkanes of at least 4 members (excludes halogenated alkanes) is 2. The summed E-state index contributed by atoms with van der Waals surface area (Å²) in [4.78, 5) is 57.9. The zero-order valence-corrected chi connectivity index (χ0v) is 24.5. The van der Waals surface area contributed by atoms with Crippen LogP contribution in [0.5, 0.6) is 0 Å². The highest BCUT2D eigenvalue weighted by molar-refractivity contribution is 6.41. The fourth-order valence-electron chi connectivity index (χ4n) is 7.36. The van der Waals surface area contributed by atoms with Crippen molar-refractivity contribution in [1.82, 2.24) is 9.80 Å². The van der Waals surface area contributed by atoms with Crippen LogP contribution in [0.2, 0.25) is 0 Å². The SMILES string of the molecule is CCCC[C@H](C)N1C(=O)c2ccc3c4ccc5c6c(ccc(c7ccc(c2c37)C1=O)c64)C(=O)N([C@@H](C)CCCC)C5=O. The summed E-state index contributed by atoms with van der Waals surface area (Å²) in [5.41, 5.74) is 2.18. The molecule has 4 amide bonds. The number of hydrogen-bond donors (Lipinski definition) is 0. The van der Waals surface area contributed by atoms with E-state index < -0.39 is 0 Å². The third kappa shape index (κ3) is 3.44. The van der Waals surface area contributed by atoms with E-state index in [0.717, 1.165) is 70.8 Å². The number of imide groups is 2. The number of fused-ring (bicyclic) bond motifs is 2. The van der Waals surface area contributed by atoms with Crippen molar-refractivity contribution in [3.63, 3.8) is 0 Å². The topological polar surface area (TPSA) is 74.8 Å². The first-order valence-corrected chi connectivity index (χ1v) is 15.3. The number of carbonyl (C=O) groups excluding carboxylic acids is 4. The third-order valence-corrected chi connectivity index (χ3v) is 9.53. The molecule has 2 aliphatic heterocycles. The Morgan fingerprint density at radius 3 is 1.02 bits per heavy atom. The van der Waals surface area contributed by atoms with E-state index in [1.54, 1.807) is 0 Å². The van der Waals surface area contributed by atoms with Gasteiger partial charge in [0.25, 0.3) is 23.6 Å². The summed E-state index contributed by atoms with van der Waals surface area (Å²) in [7, 11) is 0. The van der Waals surface area contributed by atoms with Crippen LogP contribution in [0.1, 0.15) is 108 Å². The van der Waals surface area contributed by atoms with Gasteiger partial charge in [-0.3, -0.25) is 29.0 Å². The molecule has 0 bridgehead atoms. The van der Waals surface area contributed by atoms with Gasteiger partial charge in [0.15, 0.2) is 0 Å². The molecule has 0 unspecified atom stereocenters. The summed E-state index contributed by atoms with van der Waals surface area (Å²) in [6.45, 7) is 8.11. The summed E-state index contributed by atoms with van der Waals surface area (Å²) < 4.78 is 0. The molecule has 6 heteroatoms. The number of rotatable bonds is 8. The lowest BCUT2D eigenvalue weighted by atomic mass is 9.82. The maximum Gasteiger partial charge on any atom is 0.261 e. The van der Waals surface area contributed by atoms with Crippen LogP contribution in [-0.4, -0.2) is 45.5 Å². The molecule has 0 aliphatic carbocycles. The molecule has 7 rings (SSSR count). The molecule has 0 radical (unpaired) electrons. The molecule has 42 heavy (non-hydrogen) atoms. The van der Waals surface area contributed by atoms with E-state index in [4.69, 9.17) is 0 Å². The lowest BCUT2D eigenvalue weighted by molar-refractivity contribution is 0.0527. The quantitative estimate of drug-likeness (QED) is 0.110. The van der Waals surface area contributed by atoms with Gasteiger partial charge in [-0.2, -0.15) is 0 Å². The van der Waals surface area contributed by atoms with Crippen molar-refractivity contribution in [2.45, 2.75) is 78.3 Å². The van der Waals surface area contributed by atoms with Crippen molar-refractivity contribution in [3.8, 4) is 0 Å². The number of hydrogen-bond acceptors (Lipinski definition) is 4. The smallest absolute Gasteiger partial charge is 0.261 e. The van der Waals surface area contributed by atoms with Crippen molar-refractivity contribution < 1.29 is 19.2 Å². The van der Waals surface area contributed by atoms with Crippen LogP contribution in [0.15, 0.2) is 48.5 Å². The number of carbonyl (C=O) groups is 4. The van der Waals surface area contributed by atoms with Crippen LogP contribution in [0.4, 0.5) is 0 Å². The van der Waals surface area contributed by atoms with Gasteiger partial charge in [-0.05, 0) is 83.3 Å². The van der Waals surface area contributed by atoms with E-state index in [1.807, 2.05) is 62.4 Å². The van der Waals surface area contributed by atoms with Crippen molar-refractivity contribution in [2.75, 3.05) is 0 Å². The summed E-state index contributed by atoms with van der Waals surface area (Å²) in [5, 5.41) is 6.80. The maximum absolute atomic E-state index is 13.8. The summed E-state index contributed by atoms with van der Waals surface area (Å²) in [6, 6.07) is 14.9. The Labute approximate surface area is 244 Å². The lowest BCUT2D eigenvalue weighted by Crippen LogP contribution is -2.46. The van der Waals surface area contributed by atoms with E-state index in [-0.39, 0.29) is 35.7 Å². The van der Waals surface area contributed by atoms with Crippen molar-refractivity contribution >= 4 is 66.7 Å². The van der Waals surface area contributed by atoms with Gasteiger partial charge in [0.2, 0.25) is 0 Å². The minimum Gasteiger partial charge on any atom is -0.272 e. The van der Waals surface area contributed by atoms with Crippen LogP contribution in [0.25, 0.3) is 43.1 Å². The average molecular weight is 559 g/mol. The van der Waals surface area contributed by atoms with Crippen LogP contribution >= 0.6 is 0 Å². The number of nitrogens with zero attached hydrogens (tertiary/aromatic N) is 2. The minimum absolute atomic E-state index is 0.184. The van der Waals surface area contributed by atoms with Crippen LogP contribution in [0, 0.1) is 0 Å². The molecule has 0 saturated carbocycles. The molecule has 0 aromatic heterocycles. The largest absolute Gasteiger partial charge is 0.272 e. The highest BCUT2D eigenvalue weighted by Gasteiger charge is 2.39. The fourth-order valence-corrected chi connectivity index (χ4v) is 7.36. The Balaban J connectivity index is 1.47. The van der Waals surface area contributed by atoms with Crippen molar-refractivity contribution in [2.24, 2.45) is 0 Å². The molecule has 0 saturated heterocycles. The molecule has 2 atom stereocenters. The summed E-state index contributed by atoms with van der Waals surface area (Å²) >= 11 is 0. The summed E-state index contributed by atoms with van der Waals surface area (Å²) in [6.07, 6.45) is 5.44. The molecule has 0 N–H and O–H groups in total. The van der Waals surface area contributed by atoms with E-state index in [9.17, 15) is 19.2 Å². The van der Waals surface area contributed by atoms with Crippen molar-refractivity contribution in [3.05, 3.63) is 70.8 Å². The van der Waals surface area contributed by atoms with Gasteiger partial charge in [0, 0.05) is 45.1 Å². The van der Waals surface area contributed by atoms with Crippen molar-refractivity contribution in [1.29, 1.82) is 0 Å². The average Bonchev–Trinajstić information content (AvgIpc) is 2.99. The zero-order chi connectivity index (χ0) is 29.4. The Morgan fingerprint density at radius 1 is 0.476 bits per heavy atom. The normalized spacial score (nSPS) is 16.6. The second kappa shape index (κ2) is 9.62. The zero-order valence-electron chi connectivity index (χ0n) is 24.5. The monoisotopic (exact) mass is 558 g/mol. The number of benzene rings is 5. The second-order valence-electron chi connectivity index (χ2n) is 12.1. The van der Waals surface area contributed by atoms with Crippen LogP contribution < -0.4 is 0 Å². The predicted molar refractivity (Wildman–Crippen MR) is 167 cm³/mol. The third-order valence-electron chi connectivity index (χ3n) is 9.53. The molecule has 0 spiro atoms. The Kier molecular flexibility index (Phi) is 6.08. The van der Waals surface area contributed by atoms with Gasteiger partial charge in [-0.15, -0.1) is 0 Å². The van der Waals surface area contributed by atoms with Crippen LogP contribution in [-0.2, 0) is 0 Å². The summed E-state index contributed by atoms with van der Waals surface area (Å²) in [5.74, 6) is -0.984. The van der Waals surface area contributed by atoms with Gasteiger partial charge < -0.3 is 0 Å². The highest BCUT2D eigenvalue weighted by Crippen LogP contribution is 2.46. The molecule has 5 aromatic carbocycles. The molecular formula is C36H34N2O4. The first kappa shape index (κ1) is 26.6. The van der Waals surface area contributed by atoms with E-state index in [1.165, 1.54) is 9.80 Å². The van der Waals surface area contributed by atoms with Gasteiger partial charge in [0.1, 0.15) is 0 Å². The number of amides is 4. The highest BCUT2D eigenvalue weighted by atomic mass is 16.2. The van der Waals surface area contributed by atoms with E-state index in [0.29, 0.717) is 33.0 Å². The molecule has 2 aliphatic rings. The van der Waals surface area contributed by atoms with E-state index >= 15 is 0 Å². The molecule has 6 nitrogen and oxygen atoms in total. The molecule has 212 valence electrons. The van der Waals surface area contributed by atoms with Gasteiger partial charge >= 0.3 is 0 Å². The predicted octanol–water partition coefficient (Wildman–Crippen LogP) is 8.09. The Hall–Kier alpha value is -4.32. The van der Waals surface area contributed by atoms with Gasteiger partial charge in [-0.25, -0.2) is 0 Å². The first-order valence-electron chi connectivity index (χ1n) is 15.3. The van der Waals surface area contributed by atoms with Crippen LogP contribution in [0.3, 0.4) is 0 Å². The molecular weight excluding hydrogens is 524 g/mol. The van der Waals surface area contributed by atoms with E-state index in [2.05, 4.69) is 13.8 Å². The lowest BCUT2D eigenvalue weighted by Gasteiger charge is -2.33. The molecule has 2 heterocycles. The van der Waals surface area contributed by atoms with Gasteiger partial charge in [-0.1, -0.05) is 63.8 Å². The maximum atomic E-state index is 13.8. The standard InChI is InChI=1S/C36H34N2O4/c1-5-7-9-19(3)37-33(39)25-15-11-21-23-13-17-27-32-28(36(42)38(35(27)41)20(4)10-8-6-2)18-14-24(30(23)32)22-12-16-26(34(37)40)31(25)29(21)22/h11-20H,5-10H2,1-4H3/t19-,20-/m0/s1. The van der Waals surface area contributed by atoms with Gasteiger partial charge in [0.05, 0.1) is 0 Å². The first-order chi connectivity index (χ1) is 20.3. The Morgan fingerprint density at radius 2 is 0.762 bits per heavy atom. The second-order valence-corrected chi connectivity index (χ2v) is 12.1. The minimum atomic E-state index is -0.246. The Bertz CT molecular complexity index is 1730. The molecule has 5 aromatic rings.